The highest BCUT2D eigenvalue weighted by Crippen LogP contribution is 2.34. The number of fused-ring (bicyclic) bond motifs is 1. The van der Waals surface area contributed by atoms with Crippen LogP contribution in [-0.4, -0.2) is 46.9 Å². The summed E-state index contributed by atoms with van der Waals surface area (Å²) in [6, 6.07) is 21.4. The second-order valence-electron chi connectivity index (χ2n) is 9.41. The fourth-order valence-corrected chi connectivity index (χ4v) is 4.80. The lowest BCUT2D eigenvalue weighted by Gasteiger charge is -2.19. The summed E-state index contributed by atoms with van der Waals surface area (Å²) in [5.74, 6) is 2.31. The Hall–Kier alpha value is -3.84. The number of aliphatic hydroxyl groups excluding tert-OH is 1. The average Bonchev–Trinajstić information content (AvgIpc) is 3.45. The minimum Gasteiger partial charge on any atom is -0.497 e. The molecule has 1 aliphatic heterocycles. The molecule has 1 N–H and O–H groups in total. The summed E-state index contributed by atoms with van der Waals surface area (Å²) in [6.45, 7) is 5.04. The number of para-hydroxylation sites is 2. The molecular formula is C29H31N3O4. The van der Waals surface area contributed by atoms with Gasteiger partial charge in [-0.25, -0.2) is 4.98 Å². The number of imidazole rings is 1. The molecule has 2 unspecified atom stereocenters. The fraction of sp³-hybridized carbons (Fsp3) is 0.310. The molecule has 3 aromatic carbocycles. The van der Waals surface area contributed by atoms with Gasteiger partial charge in [0.25, 0.3) is 0 Å². The number of anilines is 1. The summed E-state index contributed by atoms with van der Waals surface area (Å²) in [7, 11) is 1.62. The standard InChI is InChI=1S/C29H31N3O4/c1-19-8-9-20(2)27(14-19)36-18-23(33)17-32-26-7-5-4-6-25(26)30-29(32)21-15-28(34)31(16-21)22-10-12-24(35-3)13-11-22/h4-14,21,23,33H,15-18H2,1-3H3. The highest BCUT2D eigenvalue weighted by Gasteiger charge is 2.35. The maximum absolute atomic E-state index is 13.0. The topological polar surface area (TPSA) is 76.8 Å². The van der Waals surface area contributed by atoms with Crippen LogP contribution in [0.3, 0.4) is 0 Å². The molecule has 0 radical (unpaired) electrons. The van der Waals surface area contributed by atoms with Crippen LogP contribution in [0.1, 0.15) is 29.3 Å². The van der Waals surface area contributed by atoms with E-state index in [1.54, 1.807) is 12.0 Å². The molecule has 0 aliphatic carbocycles. The Kier molecular flexibility index (Phi) is 6.65. The van der Waals surface area contributed by atoms with Crippen LogP contribution in [0.15, 0.2) is 66.7 Å². The van der Waals surface area contributed by atoms with Gasteiger partial charge in [-0.1, -0.05) is 24.3 Å². The van der Waals surface area contributed by atoms with Gasteiger partial charge in [0.05, 0.1) is 24.7 Å². The molecule has 5 rings (SSSR count). The fourth-order valence-electron chi connectivity index (χ4n) is 4.80. The van der Waals surface area contributed by atoms with Crippen LogP contribution in [-0.2, 0) is 11.3 Å². The van der Waals surface area contributed by atoms with E-state index in [1.807, 2.05) is 85.1 Å². The summed E-state index contributed by atoms with van der Waals surface area (Å²) in [5, 5.41) is 10.9. The van der Waals surface area contributed by atoms with Crippen LogP contribution in [0.25, 0.3) is 11.0 Å². The number of rotatable bonds is 8. The van der Waals surface area contributed by atoms with Crippen molar-refractivity contribution < 1.29 is 19.4 Å². The monoisotopic (exact) mass is 485 g/mol. The molecule has 0 spiro atoms. The number of hydrogen-bond acceptors (Lipinski definition) is 5. The van der Waals surface area contributed by atoms with E-state index in [2.05, 4.69) is 0 Å². The van der Waals surface area contributed by atoms with E-state index in [0.29, 0.717) is 19.5 Å². The van der Waals surface area contributed by atoms with Crippen molar-refractivity contribution in [1.29, 1.82) is 0 Å². The van der Waals surface area contributed by atoms with E-state index in [9.17, 15) is 9.90 Å². The molecule has 36 heavy (non-hydrogen) atoms. The van der Waals surface area contributed by atoms with Crippen molar-refractivity contribution in [3.8, 4) is 11.5 Å². The van der Waals surface area contributed by atoms with E-state index in [-0.39, 0.29) is 18.4 Å². The maximum Gasteiger partial charge on any atom is 0.227 e. The number of aliphatic hydroxyl groups is 1. The largest absolute Gasteiger partial charge is 0.497 e. The van der Waals surface area contributed by atoms with Crippen molar-refractivity contribution in [3.63, 3.8) is 0 Å². The first-order valence-electron chi connectivity index (χ1n) is 12.2. The third-order valence-electron chi connectivity index (χ3n) is 6.73. The molecular weight excluding hydrogens is 454 g/mol. The molecule has 1 aromatic heterocycles. The zero-order chi connectivity index (χ0) is 25.2. The van der Waals surface area contributed by atoms with Gasteiger partial charge >= 0.3 is 0 Å². The summed E-state index contributed by atoms with van der Waals surface area (Å²) in [5.41, 5.74) is 4.78. The molecule has 2 atom stereocenters. The molecule has 1 saturated heterocycles. The molecule has 1 amide bonds. The highest BCUT2D eigenvalue weighted by atomic mass is 16.5. The lowest BCUT2D eigenvalue weighted by atomic mass is 10.1. The van der Waals surface area contributed by atoms with Gasteiger partial charge in [-0.15, -0.1) is 0 Å². The number of hydrogen-bond donors (Lipinski definition) is 1. The number of methoxy groups -OCH3 is 1. The quantitative estimate of drug-likeness (QED) is 0.394. The van der Waals surface area contributed by atoms with Crippen molar-refractivity contribution >= 4 is 22.6 Å². The molecule has 0 bridgehead atoms. The van der Waals surface area contributed by atoms with Crippen LogP contribution in [0.4, 0.5) is 5.69 Å². The average molecular weight is 486 g/mol. The van der Waals surface area contributed by atoms with Gasteiger partial charge in [-0.3, -0.25) is 4.79 Å². The normalized spacial score (nSPS) is 16.5. The van der Waals surface area contributed by atoms with Gasteiger partial charge in [0.15, 0.2) is 0 Å². The van der Waals surface area contributed by atoms with Crippen LogP contribution in [0.2, 0.25) is 0 Å². The third-order valence-corrected chi connectivity index (χ3v) is 6.73. The van der Waals surface area contributed by atoms with Gasteiger partial charge in [0.2, 0.25) is 5.91 Å². The Morgan fingerprint density at radius 1 is 1.08 bits per heavy atom. The van der Waals surface area contributed by atoms with Gasteiger partial charge in [-0.05, 0) is 67.4 Å². The molecule has 2 heterocycles. The van der Waals surface area contributed by atoms with Crippen LogP contribution in [0, 0.1) is 13.8 Å². The summed E-state index contributed by atoms with van der Waals surface area (Å²) < 4.78 is 13.2. The Bertz CT molecular complexity index is 1380. The molecule has 1 fully saturated rings. The van der Waals surface area contributed by atoms with E-state index in [0.717, 1.165) is 45.2 Å². The first-order chi connectivity index (χ1) is 17.4. The van der Waals surface area contributed by atoms with Gasteiger partial charge in [0, 0.05) is 24.6 Å². The number of amides is 1. The van der Waals surface area contributed by atoms with Crippen molar-refractivity contribution in [2.75, 3.05) is 25.2 Å². The second-order valence-corrected chi connectivity index (χ2v) is 9.41. The smallest absolute Gasteiger partial charge is 0.227 e. The predicted octanol–water partition coefficient (Wildman–Crippen LogP) is 4.62. The van der Waals surface area contributed by atoms with E-state index in [1.165, 1.54) is 0 Å². The number of ether oxygens (including phenoxy) is 2. The van der Waals surface area contributed by atoms with Crippen molar-refractivity contribution in [3.05, 3.63) is 83.7 Å². The zero-order valence-corrected chi connectivity index (χ0v) is 20.8. The number of carbonyl (C=O) groups is 1. The summed E-state index contributed by atoms with van der Waals surface area (Å²) in [4.78, 5) is 19.7. The first kappa shape index (κ1) is 23.9. The number of carbonyl (C=O) groups excluding carboxylic acids is 1. The van der Waals surface area contributed by atoms with Crippen molar-refractivity contribution in [2.24, 2.45) is 0 Å². The minimum atomic E-state index is -0.740. The van der Waals surface area contributed by atoms with Gasteiger partial charge in [0.1, 0.15) is 30.0 Å². The number of aromatic nitrogens is 2. The van der Waals surface area contributed by atoms with Crippen LogP contribution < -0.4 is 14.4 Å². The number of benzene rings is 3. The van der Waals surface area contributed by atoms with Gasteiger partial charge < -0.3 is 24.0 Å². The molecule has 0 saturated carbocycles. The van der Waals surface area contributed by atoms with Crippen LogP contribution >= 0.6 is 0 Å². The van der Waals surface area contributed by atoms with E-state index >= 15 is 0 Å². The first-order valence-corrected chi connectivity index (χ1v) is 12.2. The summed E-state index contributed by atoms with van der Waals surface area (Å²) >= 11 is 0. The Balaban J connectivity index is 1.37. The molecule has 7 nitrogen and oxygen atoms in total. The number of nitrogens with zero attached hydrogens (tertiary/aromatic N) is 3. The lowest BCUT2D eigenvalue weighted by molar-refractivity contribution is -0.117. The van der Waals surface area contributed by atoms with Crippen molar-refractivity contribution in [1.82, 2.24) is 9.55 Å². The minimum absolute atomic E-state index is 0.0579. The van der Waals surface area contributed by atoms with Crippen molar-refractivity contribution in [2.45, 2.75) is 38.8 Å². The highest BCUT2D eigenvalue weighted by molar-refractivity contribution is 5.96. The molecule has 1 aliphatic rings. The summed E-state index contributed by atoms with van der Waals surface area (Å²) in [6.07, 6.45) is -0.374. The lowest BCUT2D eigenvalue weighted by Crippen LogP contribution is -2.26. The molecule has 186 valence electrons. The van der Waals surface area contributed by atoms with Crippen LogP contribution in [0.5, 0.6) is 11.5 Å². The molecule has 7 heteroatoms. The SMILES string of the molecule is COc1ccc(N2CC(c3nc4ccccc4n3CC(O)COc3cc(C)ccc3C)CC2=O)cc1. The van der Waals surface area contributed by atoms with Gasteiger partial charge in [-0.2, -0.15) is 0 Å². The molecule has 4 aromatic rings. The number of aryl methyl sites for hydroxylation is 2. The third kappa shape index (κ3) is 4.79. The maximum atomic E-state index is 13.0. The Morgan fingerprint density at radius 3 is 2.64 bits per heavy atom. The predicted molar refractivity (Wildman–Crippen MR) is 140 cm³/mol. The second kappa shape index (κ2) is 10.0. The Morgan fingerprint density at radius 2 is 1.86 bits per heavy atom. The van der Waals surface area contributed by atoms with E-state index in [4.69, 9.17) is 14.5 Å². The zero-order valence-electron chi connectivity index (χ0n) is 20.8. The van der Waals surface area contributed by atoms with E-state index < -0.39 is 6.10 Å². The Labute approximate surface area is 210 Å².